The second kappa shape index (κ2) is 60.8. The number of quaternary nitrogens is 1. The molecule has 0 aliphatic rings. The SMILES string of the molecule is CC/C=C\C/C=C\C/C=C\C/C=C\CCCCCCCCCCCCCCCCCCCCCCCCC(=O)NC(COP(=O)(O)OCC[N+](C)(C)C)C(O)/C=C/CCCCCCCCCCCCCCCCCCCCCC. The van der Waals surface area contributed by atoms with Crippen LogP contribution < -0.4 is 5.32 Å². The lowest BCUT2D eigenvalue weighted by molar-refractivity contribution is -0.870. The Balaban J connectivity index is 4.01. The van der Waals surface area contributed by atoms with Crippen molar-refractivity contribution in [3.05, 3.63) is 60.8 Å². The zero-order valence-corrected chi connectivity index (χ0v) is 54.0. The molecule has 0 aromatic rings. The smallest absolute Gasteiger partial charge is 0.387 e. The summed E-state index contributed by atoms with van der Waals surface area (Å²) in [6.07, 6.45) is 83.6. The molecule has 0 aromatic carbocycles. The number of rotatable bonds is 63. The van der Waals surface area contributed by atoms with E-state index in [-0.39, 0.29) is 19.1 Å². The number of nitrogens with one attached hydrogen (secondary N) is 1. The molecule has 0 heterocycles. The van der Waals surface area contributed by atoms with E-state index in [1.165, 1.54) is 244 Å². The molecule has 0 radical (unpaired) electrons. The number of unbranched alkanes of at least 4 members (excludes halogenated alkanes) is 42. The number of allylic oxidation sites excluding steroid dienone is 9. The van der Waals surface area contributed by atoms with E-state index in [1.807, 2.05) is 27.2 Å². The topological polar surface area (TPSA) is 105 Å². The second-order valence-corrected chi connectivity index (χ2v) is 26.0. The van der Waals surface area contributed by atoms with Crippen LogP contribution in [0.2, 0.25) is 0 Å². The summed E-state index contributed by atoms with van der Waals surface area (Å²) in [6, 6.07) is -0.847. The lowest BCUT2D eigenvalue weighted by Crippen LogP contribution is -2.45. The molecule has 3 N–H and O–H groups in total. The molecule has 0 fully saturated rings. The molecule has 0 aromatic heterocycles. The van der Waals surface area contributed by atoms with Crippen LogP contribution in [-0.2, 0) is 18.4 Å². The largest absolute Gasteiger partial charge is 0.472 e. The first-order valence-electron chi connectivity index (χ1n) is 34.2. The number of aliphatic hydroxyl groups excluding tert-OH is 1. The predicted octanol–water partition coefficient (Wildman–Crippen LogP) is 21.6. The molecular weight excluding hydrogens is 996 g/mol. The quantitative estimate of drug-likeness (QED) is 0.0243. The fraction of sp³-hybridized carbons (Fsp3) is 0.843. The first kappa shape index (κ1) is 77.2. The normalized spacial score (nSPS) is 14.1. The van der Waals surface area contributed by atoms with Crippen molar-refractivity contribution in [3.63, 3.8) is 0 Å². The van der Waals surface area contributed by atoms with E-state index in [0.717, 1.165) is 64.2 Å². The molecule has 0 saturated carbocycles. The minimum Gasteiger partial charge on any atom is -0.387 e. The van der Waals surface area contributed by atoms with Crippen molar-refractivity contribution in [2.75, 3.05) is 40.9 Å². The van der Waals surface area contributed by atoms with Gasteiger partial charge in [0.05, 0.1) is 39.9 Å². The van der Waals surface area contributed by atoms with E-state index in [9.17, 15) is 19.4 Å². The summed E-state index contributed by atoms with van der Waals surface area (Å²) in [5, 5.41) is 14.0. The number of carbonyl (C=O) groups excluding carboxylic acids is 1. The van der Waals surface area contributed by atoms with Gasteiger partial charge in [0.25, 0.3) is 0 Å². The van der Waals surface area contributed by atoms with E-state index >= 15 is 0 Å². The van der Waals surface area contributed by atoms with Gasteiger partial charge >= 0.3 is 7.82 Å². The van der Waals surface area contributed by atoms with Crippen LogP contribution in [-0.4, -0.2) is 73.4 Å². The van der Waals surface area contributed by atoms with Crippen LogP contribution in [0.5, 0.6) is 0 Å². The number of hydrogen-bond acceptors (Lipinski definition) is 5. The van der Waals surface area contributed by atoms with E-state index < -0.39 is 20.0 Å². The molecule has 0 bridgehead atoms. The van der Waals surface area contributed by atoms with Gasteiger partial charge in [-0.2, -0.15) is 0 Å². The Morgan fingerprint density at radius 1 is 0.443 bits per heavy atom. The number of likely N-dealkylation sites (N-methyl/N-ethyl adjacent to an activating group) is 1. The molecule has 0 aliphatic heterocycles. The highest BCUT2D eigenvalue weighted by atomic mass is 31.2. The van der Waals surface area contributed by atoms with Crippen LogP contribution in [0.15, 0.2) is 60.8 Å². The van der Waals surface area contributed by atoms with Gasteiger partial charge in [-0.15, -0.1) is 0 Å². The molecule has 3 atom stereocenters. The van der Waals surface area contributed by atoms with Gasteiger partial charge in [0.15, 0.2) is 0 Å². The number of carbonyl (C=O) groups is 1. The number of phosphoric ester groups is 1. The number of aliphatic hydroxyl groups is 1. The summed E-state index contributed by atoms with van der Waals surface area (Å²) < 4.78 is 23.8. The zero-order valence-electron chi connectivity index (χ0n) is 53.1. The Morgan fingerprint density at radius 3 is 1.11 bits per heavy atom. The maximum absolute atomic E-state index is 13.0. The minimum absolute atomic E-state index is 0.0626. The van der Waals surface area contributed by atoms with Gasteiger partial charge in [0.1, 0.15) is 13.2 Å². The van der Waals surface area contributed by atoms with Crippen LogP contribution in [0.3, 0.4) is 0 Å². The zero-order chi connectivity index (χ0) is 57.7. The monoisotopic (exact) mass is 1130 g/mol. The van der Waals surface area contributed by atoms with Gasteiger partial charge in [0, 0.05) is 6.42 Å². The predicted molar refractivity (Wildman–Crippen MR) is 346 cm³/mol. The third kappa shape index (κ3) is 63.6. The van der Waals surface area contributed by atoms with Crippen LogP contribution in [0, 0.1) is 0 Å². The molecular formula is C70H134N2O6P+. The molecule has 1 amide bonds. The van der Waals surface area contributed by atoms with Gasteiger partial charge in [-0.3, -0.25) is 13.8 Å². The summed E-state index contributed by atoms with van der Waals surface area (Å²) in [4.78, 5) is 23.4. The summed E-state index contributed by atoms with van der Waals surface area (Å²) in [5.41, 5.74) is 0. The van der Waals surface area contributed by atoms with Gasteiger partial charge in [-0.25, -0.2) is 4.57 Å². The van der Waals surface area contributed by atoms with Crippen LogP contribution >= 0.6 is 7.82 Å². The molecule has 0 rings (SSSR count). The summed E-state index contributed by atoms with van der Waals surface area (Å²) >= 11 is 0. The number of amides is 1. The van der Waals surface area contributed by atoms with Crippen molar-refractivity contribution in [2.24, 2.45) is 0 Å². The number of hydrogen-bond donors (Lipinski definition) is 3. The maximum atomic E-state index is 13.0. The molecule has 464 valence electrons. The van der Waals surface area contributed by atoms with Gasteiger partial charge in [-0.05, 0) is 57.8 Å². The fourth-order valence-electron chi connectivity index (χ4n) is 10.2. The Morgan fingerprint density at radius 2 is 0.759 bits per heavy atom. The molecule has 0 spiro atoms. The van der Waals surface area contributed by atoms with Crippen LogP contribution in [0.1, 0.15) is 328 Å². The van der Waals surface area contributed by atoms with Crippen molar-refractivity contribution in [3.8, 4) is 0 Å². The average molecular weight is 1130 g/mol. The van der Waals surface area contributed by atoms with Gasteiger partial charge in [-0.1, -0.05) is 325 Å². The average Bonchev–Trinajstić information content (AvgIpc) is 3.42. The molecule has 3 unspecified atom stereocenters. The van der Waals surface area contributed by atoms with Crippen molar-refractivity contribution in [1.82, 2.24) is 5.32 Å². The van der Waals surface area contributed by atoms with Gasteiger partial charge < -0.3 is 19.8 Å². The van der Waals surface area contributed by atoms with Crippen molar-refractivity contribution >= 4 is 13.7 Å². The first-order valence-corrected chi connectivity index (χ1v) is 35.7. The highest BCUT2D eigenvalue weighted by Crippen LogP contribution is 2.43. The Bertz CT molecular complexity index is 1470. The Kier molecular flexibility index (Phi) is 59.4. The summed E-state index contributed by atoms with van der Waals surface area (Å²) in [7, 11) is 1.59. The van der Waals surface area contributed by atoms with E-state index in [1.54, 1.807) is 6.08 Å². The Hall–Kier alpha value is -1.80. The molecule has 0 saturated heterocycles. The van der Waals surface area contributed by atoms with Crippen LogP contribution in [0.25, 0.3) is 0 Å². The standard InChI is InChI=1S/C70H133N2O6P/c1-6-8-10-12-14-16-18-20-22-24-26-28-30-31-32-33-34-35-36-37-38-39-40-41-42-44-46-48-50-52-54-56-58-60-62-64-70(74)71-68(67-78-79(75,76)77-66-65-72(3,4)5)69(73)63-61-59-57-55-53-51-49-47-45-43-29-27-25-23-21-19-17-15-13-11-9-7-2/h8,10,14,16,20,22,26,28,61,63,68-69,73H,6-7,9,11-13,15,17-19,21,23-25,27,29-60,62,64-67H2,1-5H3,(H-,71,74,75,76)/p+1/b10-8-,16-14-,22-20-,28-26-,63-61+. The van der Waals surface area contributed by atoms with Crippen molar-refractivity contribution in [2.45, 2.75) is 341 Å². The highest BCUT2D eigenvalue weighted by molar-refractivity contribution is 7.47. The molecule has 8 nitrogen and oxygen atoms in total. The second-order valence-electron chi connectivity index (χ2n) is 24.5. The third-order valence-electron chi connectivity index (χ3n) is 15.5. The maximum Gasteiger partial charge on any atom is 0.472 e. The number of phosphoric acid groups is 1. The highest BCUT2D eigenvalue weighted by Gasteiger charge is 2.28. The van der Waals surface area contributed by atoms with E-state index in [2.05, 4.69) is 67.8 Å². The summed E-state index contributed by atoms with van der Waals surface area (Å²) in [5.74, 6) is -0.171. The fourth-order valence-corrected chi connectivity index (χ4v) is 11.0. The van der Waals surface area contributed by atoms with Crippen molar-refractivity contribution in [1.29, 1.82) is 0 Å². The molecule has 79 heavy (non-hydrogen) atoms. The first-order chi connectivity index (χ1) is 38.5. The van der Waals surface area contributed by atoms with Gasteiger partial charge in [0.2, 0.25) is 5.91 Å². The van der Waals surface area contributed by atoms with Crippen LogP contribution in [0.4, 0.5) is 0 Å². The molecule has 0 aliphatic carbocycles. The van der Waals surface area contributed by atoms with E-state index in [0.29, 0.717) is 17.4 Å². The van der Waals surface area contributed by atoms with Crippen molar-refractivity contribution < 1.29 is 32.9 Å². The Labute approximate surface area is 492 Å². The summed E-state index contributed by atoms with van der Waals surface area (Å²) in [6.45, 7) is 4.75. The lowest BCUT2D eigenvalue weighted by atomic mass is 10.0. The minimum atomic E-state index is -4.35. The third-order valence-corrected chi connectivity index (χ3v) is 16.5. The lowest BCUT2D eigenvalue weighted by Gasteiger charge is -2.25. The number of nitrogens with zero attached hydrogens (tertiary/aromatic N) is 1. The van der Waals surface area contributed by atoms with E-state index in [4.69, 9.17) is 9.05 Å². The molecule has 9 heteroatoms.